The summed E-state index contributed by atoms with van der Waals surface area (Å²) in [5.41, 5.74) is 3.34. The minimum Gasteiger partial charge on any atom is -0.289 e. The zero-order valence-corrected chi connectivity index (χ0v) is 11.3. The molecule has 2 rings (SSSR count). The van der Waals surface area contributed by atoms with Gasteiger partial charge in [0.2, 0.25) is 0 Å². The Morgan fingerprint density at radius 2 is 1.88 bits per heavy atom. The van der Waals surface area contributed by atoms with Crippen LogP contribution in [0.25, 0.3) is 0 Å². The number of carbonyl (C=O) groups excluding carboxylic acids is 1. The lowest BCUT2D eigenvalue weighted by molar-refractivity contribution is 0.108. The number of hydrogen-bond donors (Lipinski definition) is 0. The summed E-state index contributed by atoms with van der Waals surface area (Å²) in [5, 5.41) is 1.18. The van der Waals surface area contributed by atoms with E-state index in [2.05, 4.69) is 18.2 Å². The van der Waals surface area contributed by atoms with Crippen LogP contribution in [-0.4, -0.2) is 5.52 Å². The molecule has 0 heterocycles. The zero-order valence-electron chi connectivity index (χ0n) is 10.3. The highest BCUT2D eigenvalue weighted by atomic mass is 31.1. The highest BCUT2D eigenvalue weighted by Gasteiger charge is 2.13. The van der Waals surface area contributed by atoms with Crippen LogP contribution in [-0.2, 0) is 0 Å². The van der Waals surface area contributed by atoms with Gasteiger partial charge in [0.25, 0.3) is 0 Å². The highest BCUT2D eigenvalue weighted by Crippen LogP contribution is 2.33. The Morgan fingerprint density at radius 1 is 1.18 bits per heavy atom. The van der Waals surface area contributed by atoms with Gasteiger partial charge < -0.3 is 0 Å². The lowest BCUT2D eigenvalue weighted by Gasteiger charge is -2.10. The molecular weight excluding hydrogens is 227 g/mol. The van der Waals surface area contributed by atoms with Gasteiger partial charge in [-0.25, -0.2) is 0 Å². The standard InChI is InChI=1S/C15H17OP/c1-11-7-6-8-12(2)14(11)15(16)17-13-9-4-3-5-10-13/h4,6-10,17H,3,5H2,1-2H3. The second kappa shape index (κ2) is 5.42. The minimum absolute atomic E-state index is 0.261. The van der Waals surface area contributed by atoms with E-state index in [4.69, 9.17) is 0 Å². The molecule has 1 aromatic rings. The molecule has 1 unspecified atom stereocenters. The van der Waals surface area contributed by atoms with Crippen molar-refractivity contribution >= 4 is 14.1 Å². The molecule has 17 heavy (non-hydrogen) atoms. The van der Waals surface area contributed by atoms with Crippen molar-refractivity contribution in [3.05, 3.63) is 58.4 Å². The number of allylic oxidation sites excluding steroid dienone is 4. The molecule has 1 atom stereocenters. The molecule has 0 bridgehead atoms. The van der Waals surface area contributed by atoms with E-state index in [-0.39, 0.29) is 14.1 Å². The first-order valence-corrected chi connectivity index (χ1v) is 6.93. The summed E-state index contributed by atoms with van der Waals surface area (Å²) in [7, 11) is 0.261. The van der Waals surface area contributed by atoms with Crippen LogP contribution in [0.5, 0.6) is 0 Å². The van der Waals surface area contributed by atoms with Gasteiger partial charge in [-0.1, -0.05) is 36.4 Å². The van der Waals surface area contributed by atoms with Crippen LogP contribution >= 0.6 is 8.58 Å². The van der Waals surface area contributed by atoms with Gasteiger partial charge in [0.15, 0.2) is 5.52 Å². The van der Waals surface area contributed by atoms with E-state index < -0.39 is 0 Å². The first-order chi connectivity index (χ1) is 8.18. The molecule has 0 saturated heterocycles. The smallest absolute Gasteiger partial charge is 0.186 e. The zero-order chi connectivity index (χ0) is 12.3. The van der Waals surface area contributed by atoms with Gasteiger partial charge in [0.05, 0.1) is 0 Å². The van der Waals surface area contributed by atoms with E-state index in [1.54, 1.807) is 0 Å². The van der Waals surface area contributed by atoms with Crippen molar-refractivity contribution < 1.29 is 4.79 Å². The molecular formula is C15H17OP. The third-order valence-corrected chi connectivity index (χ3v) is 4.10. The highest BCUT2D eigenvalue weighted by molar-refractivity contribution is 7.63. The van der Waals surface area contributed by atoms with Crippen molar-refractivity contribution in [2.45, 2.75) is 26.7 Å². The van der Waals surface area contributed by atoms with E-state index in [1.807, 2.05) is 32.0 Å². The molecule has 0 spiro atoms. The number of benzene rings is 1. The second-order valence-corrected chi connectivity index (χ2v) is 5.64. The average Bonchev–Trinajstić information content (AvgIpc) is 2.30. The van der Waals surface area contributed by atoms with Gasteiger partial charge in [-0.2, -0.15) is 0 Å². The van der Waals surface area contributed by atoms with E-state index in [0.717, 1.165) is 29.5 Å². The van der Waals surface area contributed by atoms with Crippen molar-refractivity contribution in [3.63, 3.8) is 0 Å². The molecule has 0 amide bonds. The normalized spacial score (nSPS) is 15.3. The van der Waals surface area contributed by atoms with Gasteiger partial charge >= 0.3 is 0 Å². The van der Waals surface area contributed by atoms with Crippen LogP contribution in [0.4, 0.5) is 0 Å². The SMILES string of the molecule is Cc1cccc(C)c1C(=O)PC1=CCCC=C1. The molecule has 1 aliphatic rings. The summed E-state index contributed by atoms with van der Waals surface area (Å²) in [6, 6.07) is 6.02. The Kier molecular flexibility index (Phi) is 3.91. The average molecular weight is 244 g/mol. The van der Waals surface area contributed by atoms with E-state index in [0.29, 0.717) is 0 Å². The topological polar surface area (TPSA) is 17.1 Å². The third-order valence-electron chi connectivity index (χ3n) is 2.96. The molecule has 1 aromatic carbocycles. The second-order valence-electron chi connectivity index (χ2n) is 4.36. The van der Waals surface area contributed by atoms with Crippen LogP contribution in [0.1, 0.15) is 34.3 Å². The molecule has 0 aliphatic heterocycles. The summed E-state index contributed by atoms with van der Waals surface area (Å²) in [4.78, 5) is 12.3. The maximum absolute atomic E-state index is 12.3. The van der Waals surface area contributed by atoms with E-state index >= 15 is 0 Å². The van der Waals surface area contributed by atoms with Crippen molar-refractivity contribution in [2.24, 2.45) is 0 Å². The molecule has 0 aromatic heterocycles. The minimum atomic E-state index is 0.261. The summed E-state index contributed by atoms with van der Waals surface area (Å²) >= 11 is 0. The van der Waals surface area contributed by atoms with Crippen LogP contribution in [0, 0.1) is 13.8 Å². The molecule has 0 radical (unpaired) electrons. The lowest BCUT2D eigenvalue weighted by Crippen LogP contribution is -1.99. The van der Waals surface area contributed by atoms with Gasteiger partial charge in [0.1, 0.15) is 0 Å². The van der Waals surface area contributed by atoms with E-state index in [1.165, 1.54) is 5.31 Å². The summed E-state index contributed by atoms with van der Waals surface area (Å²) in [6.45, 7) is 4.02. The summed E-state index contributed by atoms with van der Waals surface area (Å²) in [5.74, 6) is 0. The first-order valence-electron chi connectivity index (χ1n) is 5.93. The van der Waals surface area contributed by atoms with Crippen LogP contribution in [0.15, 0.2) is 41.7 Å². The maximum atomic E-state index is 12.3. The molecule has 88 valence electrons. The van der Waals surface area contributed by atoms with E-state index in [9.17, 15) is 4.79 Å². The molecule has 2 heteroatoms. The predicted octanol–water partition coefficient (Wildman–Crippen LogP) is 4.36. The maximum Gasteiger partial charge on any atom is 0.186 e. The van der Waals surface area contributed by atoms with Crippen molar-refractivity contribution in [3.8, 4) is 0 Å². The van der Waals surface area contributed by atoms with Gasteiger partial charge in [0, 0.05) is 5.56 Å². The molecule has 1 nitrogen and oxygen atoms in total. The van der Waals surface area contributed by atoms with Gasteiger partial charge in [-0.05, 0) is 51.7 Å². The molecule has 0 saturated carbocycles. The monoisotopic (exact) mass is 244 g/mol. The fraction of sp³-hybridized carbons (Fsp3) is 0.267. The number of carbonyl (C=O) groups is 1. The Morgan fingerprint density at radius 3 is 2.47 bits per heavy atom. The largest absolute Gasteiger partial charge is 0.289 e. The number of rotatable bonds is 3. The fourth-order valence-corrected chi connectivity index (χ4v) is 3.30. The Labute approximate surface area is 104 Å². The summed E-state index contributed by atoms with van der Waals surface area (Å²) in [6.07, 6.45) is 8.60. The Balaban J connectivity index is 2.20. The molecule has 1 aliphatic carbocycles. The Bertz CT molecular complexity index is 477. The number of hydrogen-bond acceptors (Lipinski definition) is 1. The van der Waals surface area contributed by atoms with Gasteiger partial charge in [-0.3, -0.25) is 4.79 Å². The quantitative estimate of drug-likeness (QED) is 0.722. The number of aryl methyl sites for hydroxylation is 2. The molecule has 0 fully saturated rings. The lowest BCUT2D eigenvalue weighted by atomic mass is 10.0. The van der Waals surface area contributed by atoms with Gasteiger partial charge in [-0.15, -0.1) is 0 Å². The Hall–Kier alpha value is -1.20. The van der Waals surface area contributed by atoms with Crippen LogP contribution in [0.3, 0.4) is 0 Å². The summed E-state index contributed by atoms with van der Waals surface area (Å²) < 4.78 is 0. The fourth-order valence-electron chi connectivity index (χ4n) is 2.07. The van der Waals surface area contributed by atoms with Crippen molar-refractivity contribution in [1.82, 2.24) is 0 Å². The van der Waals surface area contributed by atoms with Crippen molar-refractivity contribution in [2.75, 3.05) is 0 Å². The van der Waals surface area contributed by atoms with Crippen LogP contribution in [0.2, 0.25) is 0 Å². The van der Waals surface area contributed by atoms with Crippen molar-refractivity contribution in [1.29, 1.82) is 0 Å². The third kappa shape index (κ3) is 2.92. The van der Waals surface area contributed by atoms with Crippen LogP contribution < -0.4 is 0 Å². The predicted molar refractivity (Wildman–Crippen MR) is 75.0 cm³/mol. The molecule has 0 N–H and O–H groups in total. The first kappa shape index (κ1) is 12.3.